The highest BCUT2D eigenvalue weighted by atomic mass is 16.5. The first-order valence-corrected chi connectivity index (χ1v) is 10.1. The molecule has 0 aliphatic carbocycles. The fourth-order valence-electron chi connectivity index (χ4n) is 3.48. The highest BCUT2D eigenvalue weighted by Crippen LogP contribution is 2.26. The van der Waals surface area contributed by atoms with E-state index in [0.29, 0.717) is 36.3 Å². The van der Waals surface area contributed by atoms with Crippen LogP contribution in [0.3, 0.4) is 0 Å². The Kier molecular flexibility index (Phi) is 6.28. The predicted molar refractivity (Wildman–Crippen MR) is 118 cm³/mol. The van der Waals surface area contributed by atoms with Crippen molar-refractivity contribution < 1.29 is 14.3 Å². The van der Waals surface area contributed by atoms with Crippen LogP contribution in [0.1, 0.15) is 0 Å². The predicted octanol–water partition coefficient (Wildman–Crippen LogP) is 2.19. The number of nitrogens with zero attached hydrogens (tertiary/aromatic N) is 3. The zero-order valence-corrected chi connectivity index (χ0v) is 17.3. The number of nitrogens with one attached hydrogen (secondary N) is 1. The Morgan fingerprint density at radius 2 is 1.90 bits per heavy atom. The molecule has 4 rings (SSSR count). The van der Waals surface area contributed by atoms with Gasteiger partial charge in [0, 0.05) is 38.3 Å². The van der Waals surface area contributed by atoms with Crippen LogP contribution in [-0.4, -0.2) is 46.9 Å². The second-order valence-electron chi connectivity index (χ2n) is 7.09. The molecule has 31 heavy (non-hydrogen) atoms. The summed E-state index contributed by atoms with van der Waals surface area (Å²) >= 11 is 0. The molecule has 0 atom stereocenters. The summed E-state index contributed by atoms with van der Waals surface area (Å²) in [5.41, 5.74) is 1.56. The molecule has 8 nitrogen and oxygen atoms in total. The third kappa shape index (κ3) is 4.59. The fraction of sp³-hybridized carbons (Fsp3) is 0.261. The number of methoxy groups -OCH3 is 1. The van der Waals surface area contributed by atoms with Gasteiger partial charge in [0.25, 0.3) is 11.5 Å². The van der Waals surface area contributed by atoms with Gasteiger partial charge in [-0.05, 0) is 30.3 Å². The topological polar surface area (TPSA) is 87.4 Å². The van der Waals surface area contributed by atoms with Gasteiger partial charge in [-0.25, -0.2) is 4.98 Å². The van der Waals surface area contributed by atoms with Crippen LogP contribution in [0.4, 0.5) is 0 Å². The van der Waals surface area contributed by atoms with E-state index in [1.165, 1.54) is 10.9 Å². The normalized spacial score (nSPS) is 11.1. The Labute approximate surface area is 179 Å². The number of rotatable bonds is 9. The minimum absolute atomic E-state index is 0.104. The minimum Gasteiger partial charge on any atom is -0.483 e. The van der Waals surface area contributed by atoms with Crippen LogP contribution in [-0.2, 0) is 22.6 Å². The van der Waals surface area contributed by atoms with Gasteiger partial charge in [-0.15, -0.1) is 0 Å². The summed E-state index contributed by atoms with van der Waals surface area (Å²) in [4.78, 5) is 29.0. The molecule has 0 radical (unpaired) electrons. The maximum absolute atomic E-state index is 12.5. The van der Waals surface area contributed by atoms with E-state index in [1.54, 1.807) is 25.3 Å². The van der Waals surface area contributed by atoms with Gasteiger partial charge in [0.1, 0.15) is 5.75 Å². The quantitative estimate of drug-likeness (QED) is 0.449. The number of amides is 1. The summed E-state index contributed by atoms with van der Waals surface area (Å²) in [6, 6.07) is 14.9. The van der Waals surface area contributed by atoms with Crippen molar-refractivity contribution in [2.75, 3.05) is 26.9 Å². The number of aromatic nitrogens is 3. The van der Waals surface area contributed by atoms with E-state index in [-0.39, 0.29) is 18.1 Å². The summed E-state index contributed by atoms with van der Waals surface area (Å²) in [7, 11) is 1.67. The highest BCUT2D eigenvalue weighted by molar-refractivity contribution is 5.87. The molecule has 0 aliphatic heterocycles. The van der Waals surface area contributed by atoms with Crippen LogP contribution < -0.4 is 15.6 Å². The zero-order valence-electron chi connectivity index (χ0n) is 17.3. The molecule has 2 aromatic carbocycles. The number of carbonyl (C=O) groups excluding carboxylic acids is 1. The molecular weight excluding hydrogens is 396 g/mol. The molecule has 1 amide bonds. The van der Waals surface area contributed by atoms with Crippen molar-refractivity contribution in [3.63, 3.8) is 0 Å². The minimum atomic E-state index is -0.252. The van der Waals surface area contributed by atoms with Crippen LogP contribution in [0.25, 0.3) is 21.8 Å². The Morgan fingerprint density at radius 1 is 1.03 bits per heavy atom. The van der Waals surface area contributed by atoms with E-state index >= 15 is 0 Å². The van der Waals surface area contributed by atoms with Crippen molar-refractivity contribution in [1.29, 1.82) is 0 Å². The summed E-state index contributed by atoms with van der Waals surface area (Å²) in [6.07, 6.45) is 3.48. The molecule has 0 bridgehead atoms. The second-order valence-corrected chi connectivity index (χ2v) is 7.09. The van der Waals surface area contributed by atoms with Crippen LogP contribution in [0.2, 0.25) is 0 Å². The molecule has 160 valence electrons. The standard InChI is InChI=1S/C23H24N4O4/c1-30-14-13-26-11-9-18-20(26)7-4-8-21(18)31-15-22(28)24-10-12-27-16-25-19-6-3-2-5-17(19)23(27)29/h2-9,11,16H,10,12-15H2,1H3,(H,24,28). The number of ether oxygens (including phenoxy) is 2. The van der Waals surface area contributed by atoms with Gasteiger partial charge >= 0.3 is 0 Å². The van der Waals surface area contributed by atoms with Crippen LogP contribution in [0.15, 0.2) is 65.8 Å². The highest BCUT2D eigenvalue weighted by Gasteiger charge is 2.09. The monoisotopic (exact) mass is 420 g/mol. The smallest absolute Gasteiger partial charge is 0.261 e. The third-order valence-electron chi connectivity index (χ3n) is 5.08. The number of para-hydroxylation sites is 1. The molecular formula is C23H24N4O4. The maximum Gasteiger partial charge on any atom is 0.261 e. The molecule has 0 spiro atoms. The fourth-order valence-corrected chi connectivity index (χ4v) is 3.48. The zero-order chi connectivity index (χ0) is 21.6. The average molecular weight is 420 g/mol. The first-order valence-electron chi connectivity index (χ1n) is 10.1. The van der Waals surface area contributed by atoms with E-state index < -0.39 is 0 Å². The lowest BCUT2D eigenvalue weighted by atomic mass is 10.2. The van der Waals surface area contributed by atoms with Gasteiger partial charge in [-0.1, -0.05) is 18.2 Å². The van der Waals surface area contributed by atoms with E-state index in [4.69, 9.17) is 9.47 Å². The lowest BCUT2D eigenvalue weighted by molar-refractivity contribution is -0.123. The molecule has 2 heterocycles. The molecule has 0 unspecified atom stereocenters. The second kappa shape index (κ2) is 9.44. The third-order valence-corrected chi connectivity index (χ3v) is 5.08. The van der Waals surface area contributed by atoms with Crippen LogP contribution >= 0.6 is 0 Å². The molecule has 0 saturated carbocycles. The number of fused-ring (bicyclic) bond motifs is 2. The van der Waals surface area contributed by atoms with E-state index in [2.05, 4.69) is 14.9 Å². The summed E-state index contributed by atoms with van der Waals surface area (Å²) in [6.45, 7) is 1.90. The van der Waals surface area contributed by atoms with Crippen molar-refractivity contribution in [2.45, 2.75) is 13.1 Å². The molecule has 0 saturated heterocycles. The number of benzene rings is 2. The Hall–Kier alpha value is -3.65. The van der Waals surface area contributed by atoms with Gasteiger partial charge < -0.3 is 19.4 Å². The largest absolute Gasteiger partial charge is 0.483 e. The lowest BCUT2D eigenvalue weighted by Crippen LogP contribution is -2.33. The number of carbonyl (C=O) groups is 1. The van der Waals surface area contributed by atoms with Crippen molar-refractivity contribution in [1.82, 2.24) is 19.4 Å². The van der Waals surface area contributed by atoms with Gasteiger partial charge in [0.15, 0.2) is 6.61 Å². The van der Waals surface area contributed by atoms with Crippen LogP contribution in [0, 0.1) is 0 Å². The van der Waals surface area contributed by atoms with Gasteiger partial charge in [0.2, 0.25) is 0 Å². The number of hydrogen-bond donors (Lipinski definition) is 1. The summed E-state index contributed by atoms with van der Waals surface area (Å²) < 4.78 is 14.5. The average Bonchev–Trinajstić information content (AvgIpc) is 3.21. The van der Waals surface area contributed by atoms with Crippen molar-refractivity contribution in [3.05, 3.63) is 71.4 Å². The molecule has 0 aliphatic rings. The van der Waals surface area contributed by atoms with E-state index in [9.17, 15) is 9.59 Å². The van der Waals surface area contributed by atoms with Crippen molar-refractivity contribution in [3.8, 4) is 5.75 Å². The molecule has 1 N–H and O–H groups in total. The number of hydrogen-bond acceptors (Lipinski definition) is 5. The van der Waals surface area contributed by atoms with Gasteiger partial charge in [-0.2, -0.15) is 0 Å². The first kappa shape index (κ1) is 20.6. The van der Waals surface area contributed by atoms with E-state index in [1.807, 2.05) is 36.5 Å². The molecule has 0 fully saturated rings. The SMILES string of the molecule is COCCn1ccc2c(OCC(=O)NCCn3cnc4ccccc4c3=O)cccc21. The summed E-state index contributed by atoms with van der Waals surface area (Å²) in [5, 5.41) is 4.29. The van der Waals surface area contributed by atoms with Gasteiger partial charge in [0.05, 0.1) is 29.4 Å². The molecule has 4 aromatic rings. The first-order chi connectivity index (χ1) is 15.2. The molecule has 2 aromatic heterocycles. The maximum atomic E-state index is 12.5. The van der Waals surface area contributed by atoms with Crippen LogP contribution in [0.5, 0.6) is 5.75 Å². The van der Waals surface area contributed by atoms with Crippen molar-refractivity contribution >= 4 is 27.7 Å². The summed E-state index contributed by atoms with van der Waals surface area (Å²) in [5.74, 6) is 0.399. The Bertz CT molecular complexity index is 1260. The Balaban J connectivity index is 1.32. The lowest BCUT2D eigenvalue weighted by Gasteiger charge is -2.10. The van der Waals surface area contributed by atoms with Crippen molar-refractivity contribution in [2.24, 2.45) is 0 Å². The Morgan fingerprint density at radius 3 is 2.77 bits per heavy atom. The van der Waals surface area contributed by atoms with Gasteiger partial charge in [-0.3, -0.25) is 14.2 Å². The van der Waals surface area contributed by atoms with E-state index in [0.717, 1.165) is 17.4 Å². The molecule has 8 heteroatoms.